The van der Waals surface area contributed by atoms with E-state index in [1.807, 2.05) is 6.92 Å². The zero-order chi connectivity index (χ0) is 13.5. The molecule has 2 N–H and O–H groups in total. The lowest BCUT2D eigenvalue weighted by molar-refractivity contribution is -0.133. The molecule has 1 aliphatic rings. The fraction of sp³-hybridized carbons (Fsp3) is 0.692. The largest absolute Gasteiger partial charge is 0.391 e. The van der Waals surface area contributed by atoms with Gasteiger partial charge in [-0.15, -0.1) is 0 Å². The number of hydrogen-bond acceptors (Lipinski definition) is 3. The van der Waals surface area contributed by atoms with Crippen molar-refractivity contribution in [2.45, 2.75) is 44.8 Å². The van der Waals surface area contributed by atoms with Gasteiger partial charge in [0.15, 0.2) is 0 Å². The zero-order valence-corrected chi connectivity index (χ0v) is 10.9. The second kappa shape index (κ2) is 7.16. The van der Waals surface area contributed by atoms with Crippen molar-refractivity contribution in [3.8, 4) is 0 Å². The average molecular weight is 254 g/mol. The summed E-state index contributed by atoms with van der Waals surface area (Å²) in [4.78, 5) is 24.6. The van der Waals surface area contributed by atoms with Crippen LogP contribution in [0.15, 0.2) is 12.7 Å². The number of aliphatic hydroxyl groups excluding tert-OH is 1. The van der Waals surface area contributed by atoms with Crippen LogP contribution >= 0.6 is 0 Å². The summed E-state index contributed by atoms with van der Waals surface area (Å²) in [5, 5.41) is 12.5. The normalized spacial score (nSPS) is 23.2. The highest BCUT2D eigenvalue weighted by Gasteiger charge is 2.25. The summed E-state index contributed by atoms with van der Waals surface area (Å²) in [7, 11) is 0. The van der Waals surface area contributed by atoms with Crippen molar-refractivity contribution >= 4 is 11.8 Å². The Kier molecular flexibility index (Phi) is 5.85. The lowest BCUT2D eigenvalue weighted by Gasteiger charge is -2.29. The topological polar surface area (TPSA) is 69.6 Å². The molecule has 0 bridgehead atoms. The Labute approximate surface area is 108 Å². The molecule has 18 heavy (non-hydrogen) atoms. The van der Waals surface area contributed by atoms with Crippen LogP contribution in [0.1, 0.15) is 32.6 Å². The van der Waals surface area contributed by atoms with Gasteiger partial charge in [0.1, 0.15) is 0 Å². The number of carbonyl (C=O) groups excluding carboxylic acids is 2. The summed E-state index contributed by atoms with van der Waals surface area (Å²) >= 11 is 0. The van der Waals surface area contributed by atoms with Crippen molar-refractivity contribution in [2.75, 3.05) is 13.1 Å². The number of carbonyl (C=O) groups is 2. The molecule has 0 aromatic rings. The molecule has 0 aromatic heterocycles. The van der Waals surface area contributed by atoms with Gasteiger partial charge in [-0.2, -0.15) is 0 Å². The third-order valence-electron chi connectivity index (χ3n) is 3.28. The van der Waals surface area contributed by atoms with Crippen molar-refractivity contribution in [1.82, 2.24) is 10.2 Å². The van der Waals surface area contributed by atoms with Gasteiger partial charge in [0.05, 0.1) is 18.7 Å². The van der Waals surface area contributed by atoms with Crippen LogP contribution in [0, 0.1) is 0 Å². The first kappa shape index (κ1) is 14.7. The number of nitrogens with zero attached hydrogens (tertiary/aromatic N) is 1. The Bertz CT molecular complexity index is 317. The van der Waals surface area contributed by atoms with E-state index >= 15 is 0 Å². The molecule has 0 aliphatic heterocycles. The van der Waals surface area contributed by atoms with Gasteiger partial charge in [-0.1, -0.05) is 19.4 Å². The number of hydrogen-bond donors (Lipinski definition) is 2. The zero-order valence-electron chi connectivity index (χ0n) is 10.9. The number of rotatable bonds is 5. The van der Waals surface area contributed by atoms with Crippen LogP contribution in [-0.2, 0) is 9.59 Å². The molecule has 0 radical (unpaired) electrons. The van der Waals surface area contributed by atoms with Gasteiger partial charge in [-0.05, 0) is 25.8 Å². The maximum absolute atomic E-state index is 11.8. The fourth-order valence-corrected chi connectivity index (χ4v) is 2.18. The first-order valence-electron chi connectivity index (χ1n) is 6.47. The highest BCUT2D eigenvalue weighted by molar-refractivity contribution is 5.90. The van der Waals surface area contributed by atoms with Crippen LogP contribution in [0.4, 0.5) is 0 Å². The molecule has 2 amide bonds. The predicted molar refractivity (Wildman–Crippen MR) is 68.9 cm³/mol. The molecule has 5 nitrogen and oxygen atoms in total. The summed E-state index contributed by atoms with van der Waals surface area (Å²) in [6.45, 7) is 5.69. The van der Waals surface area contributed by atoms with Gasteiger partial charge in [0.25, 0.3) is 0 Å². The SMILES string of the molecule is C=CC(=O)N(CC)CC(=O)N[C@H]1CCCC[C@@H]1O. The predicted octanol–water partition coefficient (Wildman–Crippen LogP) is 0.441. The maximum atomic E-state index is 11.8. The smallest absolute Gasteiger partial charge is 0.246 e. The molecule has 1 aliphatic carbocycles. The Balaban J connectivity index is 2.44. The minimum Gasteiger partial charge on any atom is -0.391 e. The number of likely N-dealkylation sites (N-methyl/N-ethyl adjacent to an activating group) is 1. The van der Waals surface area contributed by atoms with E-state index in [2.05, 4.69) is 11.9 Å². The molecule has 5 heteroatoms. The van der Waals surface area contributed by atoms with Crippen LogP contribution < -0.4 is 5.32 Å². The molecular weight excluding hydrogens is 232 g/mol. The molecule has 0 saturated heterocycles. The molecule has 102 valence electrons. The number of nitrogens with one attached hydrogen (secondary N) is 1. The standard InChI is InChI=1S/C13H22N2O3/c1-3-13(18)15(4-2)9-12(17)14-10-7-5-6-8-11(10)16/h3,10-11,16H,1,4-9H2,2H3,(H,14,17)/t10-,11-/m0/s1. The minimum absolute atomic E-state index is 0.0184. The van der Waals surface area contributed by atoms with Crippen molar-refractivity contribution in [3.63, 3.8) is 0 Å². The van der Waals surface area contributed by atoms with Crippen molar-refractivity contribution in [2.24, 2.45) is 0 Å². The number of aliphatic hydroxyl groups is 1. The summed E-state index contributed by atoms with van der Waals surface area (Å²) in [6.07, 6.45) is 4.29. The molecular formula is C13H22N2O3. The van der Waals surface area contributed by atoms with E-state index in [0.29, 0.717) is 6.54 Å². The summed E-state index contributed by atoms with van der Waals surface area (Å²) in [5.41, 5.74) is 0. The molecule has 1 saturated carbocycles. The third kappa shape index (κ3) is 4.14. The van der Waals surface area contributed by atoms with E-state index in [0.717, 1.165) is 25.7 Å². The van der Waals surface area contributed by atoms with Crippen LogP contribution in [0.25, 0.3) is 0 Å². The monoisotopic (exact) mass is 254 g/mol. The van der Waals surface area contributed by atoms with Crippen molar-refractivity contribution in [1.29, 1.82) is 0 Å². The fourth-order valence-electron chi connectivity index (χ4n) is 2.18. The van der Waals surface area contributed by atoms with Crippen LogP contribution in [0.3, 0.4) is 0 Å². The molecule has 1 fully saturated rings. The Hall–Kier alpha value is -1.36. The summed E-state index contributed by atoms with van der Waals surface area (Å²) in [5.74, 6) is -0.477. The first-order chi connectivity index (χ1) is 8.58. The highest BCUT2D eigenvalue weighted by atomic mass is 16.3. The van der Waals surface area contributed by atoms with E-state index in [9.17, 15) is 14.7 Å². The van der Waals surface area contributed by atoms with Crippen LogP contribution in [0.5, 0.6) is 0 Å². The molecule has 0 unspecified atom stereocenters. The van der Waals surface area contributed by atoms with E-state index < -0.39 is 6.10 Å². The minimum atomic E-state index is -0.465. The molecule has 1 rings (SSSR count). The second-order valence-corrected chi connectivity index (χ2v) is 4.58. The molecule has 0 spiro atoms. The van der Waals surface area contributed by atoms with Crippen molar-refractivity contribution in [3.05, 3.63) is 12.7 Å². The maximum Gasteiger partial charge on any atom is 0.246 e. The van der Waals surface area contributed by atoms with Gasteiger partial charge in [-0.25, -0.2) is 0 Å². The Morgan fingerprint density at radius 3 is 2.67 bits per heavy atom. The van der Waals surface area contributed by atoms with E-state index in [-0.39, 0.29) is 24.4 Å². The van der Waals surface area contributed by atoms with Gasteiger partial charge in [0.2, 0.25) is 11.8 Å². The van der Waals surface area contributed by atoms with Crippen molar-refractivity contribution < 1.29 is 14.7 Å². The first-order valence-corrected chi connectivity index (χ1v) is 6.47. The lowest BCUT2D eigenvalue weighted by atomic mass is 9.92. The van der Waals surface area contributed by atoms with E-state index in [1.54, 1.807) is 0 Å². The average Bonchev–Trinajstić information content (AvgIpc) is 2.37. The van der Waals surface area contributed by atoms with Gasteiger partial charge < -0.3 is 15.3 Å². The summed E-state index contributed by atoms with van der Waals surface area (Å²) in [6, 6.07) is -0.177. The van der Waals surface area contributed by atoms with Crippen LogP contribution in [-0.4, -0.2) is 47.1 Å². The van der Waals surface area contributed by atoms with Crippen LogP contribution in [0.2, 0.25) is 0 Å². The van der Waals surface area contributed by atoms with Gasteiger partial charge >= 0.3 is 0 Å². The van der Waals surface area contributed by atoms with E-state index in [1.165, 1.54) is 11.0 Å². The Morgan fingerprint density at radius 1 is 1.44 bits per heavy atom. The molecule has 2 atom stereocenters. The molecule has 0 aromatic carbocycles. The number of amides is 2. The van der Waals surface area contributed by atoms with Gasteiger partial charge in [0, 0.05) is 6.54 Å². The highest BCUT2D eigenvalue weighted by Crippen LogP contribution is 2.18. The quantitative estimate of drug-likeness (QED) is 0.699. The lowest BCUT2D eigenvalue weighted by Crippen LogP contribution is -2.49. The van der Waals surface area contributed by atoms with E-state index in [4.69, 9.17) is 0 Å². The third-order valence-corrected chi connectivity index (χ3v) is 3.28. The second-order valence-electron chi connectivity index (χ2n) is 4.58. The van der Waals surface area contributed by atoms with Gasteiger partial charge in [-0.3, -0.25) is 9.59 Å². The Morgan fingerprint density at radius 2 is 2.11 bits per heavy atom. The molecule has 0 heterocycles. The summed E-state index contributed by atoms with van der Waals surface area (Å²) < 4.78 is 0.